The summed E-state index contributed by atoms with van der Waals surface area (Å²) in [5.41, 5.74) is 0.575. The van der Waals surface area contributed by atoms with E-state index in [1.165, 1.54) is 0 Å². The van der Waals surface area contributed by atoms with Crippen molar-refractivity contribution in [2.45, 2.75) is 70.8 Å². The summed E-state index contributed by atoms with van der Waals surface area (Å²) in [5.74, 6) is -3.59. The maximum absolute atomic E-state index is 13.1. The Balaban J connectivity index is 2.29. The smallest absolute Gasteiger partial charge is 0.194 e. The number of benzene rings is 1. The predicted molar refractivity (Wildman–Crippen MR) is 87.4 cm³/mol. The van der Waals surface area contributed by atoms with Crippen LogP contribution >= 0.6 is 0 Å². The van der Waals surface area contributed by atoms with Crippen LogP contribution in [0.2, 0.25) is 0 Å². The van der Waals surface area contributed by atoms with Crippen LogP contribution in [0.25, 0.3) is 0 Å². The third kappa shape index (κ3) is 5.43. The summed E-state index contributed by atoms with van der Waals surface area (Å²) in [5, 5.41) is 0. The SMILES string of the molecule is CCC(CC)(CCCCCCc1cc(F)c(F)c(F)c1)O[SiH3]. The first-order chi connectivity index (χ1) is 10.5. The highest BCUT2D eigenvalue weighted by atomic mass is 28.2. The van der Waals surface area contributed by atoms with Gasteiger partial charge in [0.05, 0.1) is 5.60 Å². The number of unbranched alkanes of at least 4 members (excludes halogenated alkanes) is 3. The Morgan fingerprint density at radius 3 is 2.00 bits per heavy atom. The minimum atomic E-state index is -1.39. The second kappa shape index (κ2) is 9.35. The van der Waals surface area contributed by atoms with Crippen LogP contribution in [0, 0.1) is 17.5 Å². The fourth-order valence-corrected chi connectivity index (χ4v) is 3.66. The van der Waals surface area contributed by atoms with Crippen molar-refractivity contribution in [3.05, 3.63) is 35.1 Å². The van der Waals surface area contributed by atoms with Gasteiger partial charge in [-0.2, -0.15) is 0 Å². The van der Waals surface area contributed by atoms with Gasteiger partial charge in [0.25, 0.3) is 0 Å². The Kier molecular flexibility index (Phi) is 8.18. The number of hydrogen-bond donors (Lipinski definition) is 0. The molecule has 0 spiro atoms. The lowest BCUT2D eigenvalue weighted by Gasteiger charge is -2.31. The van der Waals surface area contributed by atoms with Crippen LogP contribution in [0.1, 0.15) is 64.4 Å². The van der Waals surface area contributed by atoms with E-state index >= 15 is 0 Å². The molecule has 0 aromatic heterocycles. The number of halogens is 3. The lowest BCUT2D eigenvalue weighted by atomic mass is 9.90. The zero-order valence-corrected chi connectivity index (χ0v) is 15.9. The molecule has 0 aliphatic rings. The first-order valence-corrected chi connectivity index (χ1v) is 8.98. The first kappa shape index (κ1) is 19.2. The van der Waals surface area contributed by atoms with E-state index in [-0.39, 0.29) is 5.60 Å². The molecule has 0 heterocycles. The van der Waals surface area contributed by atoms with Crippen LogP contribution < -0.4 is 0 Å². The van der Waals surface area contributed by atoms with Crippen LogP contribution in [-0.2, 0) is 10.8 Å². The average molecular weight is 332 g/mol. The quantitative estimate of drug-likeness (QED) is 0.349. The molecule has 0 aliphatic heterocycles. The van der Waals surface area contributed by atoms with Crippen molar-refractivity contribution >= 4 is 10.5 Å². The molecule has 1 aromatic carbocycles. The molecule has 0 bridgehead atoms. The second-order valence-corrected chi connectivity index (χ2v) is 6.29. The molecule has 0 saturated carbocycles. The minimum absolute atomic E-state index is 0.0510. The summed E-state index contributed by atoms with van der Waals surface area (Å²) < 4.78 is 44.8. The van der Waals surface area contributed by atoms with E-state index in [9.17, 15) is 13.2 Å². The van der Waals surface area contributed by atoms with Gasteiger partial charge in [-0.3, -0.25) is 0 Å². The summed E-state index contributed by atoms with van der Waals surface area (Å²) in [4.78, 5) is 0. The lowest BCUT2D eigenvalue weighted by molar-refractivity contribution is 0.0583. The molecule has 5 heteroatoms. The molecule has 0 unspecified atom stereocenters. The molecule has 0 amide bonds. The number of rotatable bonds is 10. The Morgan fingerprint density at radius 2 is 1.50 bits per heavy atom. The van der Waals surface area contributed by atoms with Gasteiger partial charge in [0.15, 0.2) is 17.5 Å². The molecule has 1 nitrogen and oxygen atoms in total. The zero-order valence-electron chi connectivity index (χ0n) is 13.9. The van der Waals surface area contributed by atoms with Crippen molar-refractivity contribution in [1.82, 2.24) is 0 Å². The highest BCUT2D eigenvalue weighted by Gasteiger charge is 2.23. The van der Waals surface area contributed by atoms with E-state index in [0.29, 0.717) is 12.0 Å². The number of hydrogen-bond acceptors (Lipinski definition) is 1. The van der Waals surface area contributed by atoms with Crippen LogP contribution in [0.5, 0.6) is 0 Å². The molecule has 0 atom stereocenters. The summed E-state index contributed by atoms with van der Waals surface area (Å²) in [6.45, 7) is 4.33. The summed E-state index contributed by atoms with van der Waals surface area (Å²) in [6, 6.07) is 2.18. The molecule has 0 N–H and O–H groups in total. The van der Waals surface area contributed by atoms with E-state index in [1.54, 1.807) is 0 Å². The zero-order chi connectivity index (χ0) is 16.6. The average Bonchev–Trinajstić information content (AvgIpc) is 2.52. The monoisotopic (exact) mass is 332 g/mol. The molecule has 0 saturated heterocycles. The van der Waals surface area contributed by atoms with Crippen molar-refractivity contribution in [2.75, 3.05) is 0 Å². The predicted octanol–water partition coefficient (Wildman–Crippen LogP) is 4.45. The van der Waals surface area contributed by atoms with Gasteiger partial charge in [0, 0.05) is 0 Å². The van der Waals surface area contributed by atoms with Gasteiger partial charge < -0.3 is 4.43 Å². The third-order valence-electron chi connectivity index (χ3n) is 4.61. The summed E-state index contributed by atoms with van der Waals surface area (Å²) in [6.07, 6.45) is 7.79. The van der Waals surface area contributed by atoms with Crippen molar-refractivity contribution < 1.29 is 17.6 Å². The lowest BCUT2D eigenvalue weighted by Crippen LogP contribution is -2.30. The highest BCUT2D eigenvalue weighted by Crippen LogP contribution is 2.26. The largest absolute Gasteiger partial charge is 0.422 e. The normalized spacial score (nSPS) is 12.0. The molecular weight excluding hydrogens is 305 g/mol. The van der Waals surface area contributed by atoms with E-state index < -0.39 is 17.5 Å². The van der Waals surface area contributed by atoms with E-state index in [0.717, 1.165) is 67.6 Å². The topological polar surface area (TPSA) is 9.23 Å². The molecule has 0 aliphatic carbocycles. The molecule has 0 radical (unpaired) electrons. The Bertz CT molecular complexity index is 430. The van der Waals surface area contributed by atoms with Crippen molar-refractivity contribution in [1.29, 1.82) is 0 Å². The maximum atomic E-state index is 13.1. The van der Waals surface area contributed by atoms with Crippen LogP contribution in [-0.4, -0.2) is 16.1 Å². The molecular formula is C17H27F3OSi. The van der Waals surface area contributed by atoms with E-state index in [2.05, 4.69) is 13.8 Å². The van der Waals surface area contributed by atoms with Crippen molar-refractivity contribution in [2.24, 2.45) is 0 Å². The first-order valence-electron chi connectivity index (χ1n) is 8.16. The second-order valence-electron chi connectivity index (χ2n) is 5.88. The van der Waals surface area contributed by atoms with Gasteiger partial charge in [-0.1, -0.05) is 33.1 Å². The molecule has 0 fully saturated rings. The van der Waals surface area contributed by atoms with Gasteiger partial charge >= 0.3 is 0 Å². The van der Waals surface area contributed by atoms with Crippen LogP contribution in [0.15, 0.2) is 12.1 Å². The van der Waals surface area contributed by atoms with Gasteiger partial charge in [0.1, 0.15) is 10.5 Å². The van der Waals surface area contributed by atoms with Crippen molar-refractivity contribution in [3.63, 3.8) is 0 Å². The highest BCUT2D eigenvalue weighted by molar-refractivity contribution is 5.98. The van der Waals surface area contributed by atoms with Gasteiger partial charge in [-0.25, -0.2) is 13.2 Å². The standard InChI is InChI=1S/C17H27F3OSi/c1-3-17(4-2,21-22)10-8-6-5-7-9-13-11-14(18)16(20)15(19)12-13/h11-12H,3-10H2,1-2,22H3. The van der Waals surface area contributed by atoms with Gasteiger partial charge in [-0.05, 0) is 49.8 Å². The Hall–Kier alpha value is -0.813. The molecule has 1 aromatic rings. The maximum Gasteiger partial charge on any atom is 0.194 e. The third-order valence-corrected chi connectivity index (χ3v) is 5.48. The minimum Gasteiger partial charge on any atom is -0.422 e. The van der Waals surface area contributed by atoms with E-state index in [1.807, 2.05) is 0 Å². The number of aryl methyl sites for hydroxylation is 1. The van der Waals surface area contributed by atoms with Crippen LogP contribution in [0.4, 0.5) is 13.2 Å². The molecule has 1 rings (SSSR count). The fourth-order valence-electron chi connectivity index (χ4n) is 2.88. The van der Waals surface area contributed by atoms with Gasteiger partial charge in [-0.15, -0.1) is 0 Å². The molecule has 126 valence electrons. The Morgan fingerprint density at radius 1 is 0.955 bits per heavy atom. The fraction of sp³-hybridized carbons (Fsp3) is 0.647. The Labute approximate surface area is 134 Å². The van der Waals surface area contributed by atoms with E-state index in [4.69, 9.17) is 4.43 Å². The van der Waals surface area contributed by atoms with Gasteiger partial charge in [0.2, 0.25) is 0 Å². The molecule has 22 heavy (non-hydrogen) atoms. The van der Waals surface area contributed by atoms with Crippen LogP contribution in [0.3, 0.4) is 0 Å². The van der Waals surface area contributed by atoms with Crippen molar-refractivity contribution in [3.8, 4) is 0 Å². The summed E-state index contributed by atoms with van der Waals surface area (Å²) >= 11 is 0. The summed E-state index contributed by atoms with van der Waals surface area (Å²) in [7, 11) is 0.764.